The Labute approximate surface area is 92.5 Å². The van der Waals surface area contributed by atoms with Crippen molar-refractivity contribution in [2.45, 2.75) is 6.42 Å². The standard InChI is InChI=1S/C11H10N4O/c16-15-11(10-3-1-2-5-13-10)7-9-4-6-12-8-14-9/h1-6,8,16H,7H2/b15-11+. The quantitative estimate of drug-likeness (QED) is 0.475. The number of hydrogen-bond acceptors (Lipinski definition) is 5. The molecule has 2 heterocycles. The highest BCUT2D eigenvalue weighted by Gasteiger charge is 2.07. The van der Waals surface area contributed by atoms with Gasteiger partial charge >= 0.3 is 0 Å². The lowest BCUT2D eigenvalue weighted by Gasteiger charge is -2.02. The second kappa shape index (κ2) is 4.97. The number of nitrogens with zero attached hydrogens (tertiary/aromatic N) is 4. The molecule has 2 aromatic rings. The summed E-state index contributed by atoms with van der Waals surface area (Å²) in [5.41, 5.74) is 1.91. The van der Waals surface area contributed by atoms with E-state index in [4.69, 9.17) is 5.21 Å². The summed E-state index contributed by atoms with van der Waals surface area (Å²) < 4.78 is 0. The van der Waals surface area contributed by atoms with Crippen LogP contribution in [0.15, 0.2) is 48.1 Å². The minimum atomic E-state index is 0.427. The first-order chi connectivity index (χ1) is 7.90. The Balaban J connectivity index is 2.20. The molecule has 0 spiro atoms. The van der Waals surface area contributed by atoms with E-state index in [1.807, 2.05) is 12.1 Å². The first kappa shape index (κ1) is 10.2. The van der Waals surface area contributed by atoms with Crippen molar-refractivity contribution in [3.05, 3.63) is 54.4 Å². The molecule has 2 rings (SSSR count). The van der Waals surface area contributed by atoms with Gasteiger partial charge in [0.1, 0.15) is 12.0 Å². The summed E-state index contributed by atoms with van der Waals surface area (Å²) in [6, 6.07) is 7.21. The topological polar surface area (TPSA) is 71.3 Å². The molecule has 0 amide bonds. The Bertz CT molecular complexity index is 470. The van der Waals surface area contributed by atoms with Crippen LogP contribution < -0.4 is 0 Å². The fourth-order valence-corrected chi connectivity index (χ4v) is 1.30. The fraction of sp³-hybridized carbons (Fsp3) is 0.0909. The van der Waals surface area contributed by atoms with Gasteiger partial charge in [-0.2, -0.15) is 0 Å². The molecule has 1 N–H and O–H groups in total. The molecule has 0 aromatic carbocycles. The van der Waals surface area contributed by atoms with Gasteiger partial charge in [-0.25, -0.2) is 9.97 Å². The van der Waals surface area contributed by atoms with Crippen LogP contribution in [-0.4, -0.2) is 25.9 Å². The number of pyridine rings is 1. The predicted molar refractivity (Wildman–Crippen MR) is 58.3 cm³/mol. The van der Waals surface area contributed by atoms with Gasteiger partial charge < -0.3 is 5.21 Å². The van der Waals surface area contributed by atoms with Crippen LogP contribution in [0.1, 0.15) is 11.4 Å². The lowest BCUT2D eigenvalue weighted by atomic mass is 10.1. The Morgan fingerprint density at radius 1 is 1.19 bits per heavy atom. The average Bonchev–Trinajstić information content (AvgIpc) is 2.38. The summed E-state index contributed by atoms with van der Waals surface area (Å²) in [5.74, 6) is 0. The predicted octanol–water partition coefficient (Wildman–Crippen LogP) is 1.29. The molecule has 80 valence electrons. The zero-order chi connectivity index (χ0) is 11.2. The summed E-state index contributed by atoms with van der Waals surface area (Å²) in [6.45, 7) is 0. The van der Waals surface area contributed by atoms with Crippen LogP contribution in [-0.2, 0) is 6.42 Å². The van der Waals surface area contributed by atoms with Gasteiger partial charge in [0.25, 0.3) is 0 Å². The summed E-state index contributed by atoms with van der Waals surface area (Å²) in [4.78, 5) is 12.0. The zero-order valence-electron chi connectivity index (χ0n) is 8.48. The van der Waals surface area contributed by atoms with Gasteiger partial charge in [-0.1, -0.05) is 11.2 Å². The highest BCUT2D eigenvalue weighted by Crippen LogP contribution is 2.03. The molecule has 0 unspecified atom stereocenters. The van der Waals surface area contributed by atoms with Crippen LogP contribution in [0.3, 0.4) is 0 Å². The molecule has 0 saturated heterocycles. The van der Waals surface area contributed by atoms with E-state index in [1.165, 1.54) is 6.33 Å². The van der Waals surface area contributed by atoms with Gasteiger partial charge in [0.05, 0.1) is 5.69 Å². The maximum absolute atomic E-state index is 8.95. The van der Waals surface area contributed by atoms with Crippen LogP contribution in [0.5, 0.6) is 0 Å². The molecule has 0 aliphatic heterocycles. The molecule has 0 fully saturated rings. The number of oxime groups is 1. The maximum Gasteiger partial charge on any atom is 0.115 e. The van der Waals surface area contributed by atoms with Crippen molar-refractivity contribution in [3.8, 4) is 0 Å². The number of rotatable bonds is 3. The Morgan fingerprint density at radius 3 is 2.75 bits per heavy atom. The third-order valence-corrected chi connectivity index (χ3v) is 2.07. The van der Waals surface area contributed by atoms with Crippen molar-refractivity contribution >= 4 is 5.71 Å². The van der Waals surface area contributed by atoms with Gasteiger partial charge in [-0.15, -0.1) is 0 Å². The Hall–Kier alpha value is -2.30. The highest BCUT2D eigenvalue weighted by molar-refractivity contribution is 5.99. The van der Waals surface area contributed by atoms with E-state index in [1.54, 1.807) is 24.5 Å². The zero-order valence-corrected chi connectivity index (χ0v) is 8.48. The van der Waals surface area contributed by atoms with Crippen molar-refractivity contribution in [3.63, 3.8) is 0 Å². The first-order valence-corrected chi connectivity index (χ1v) is 4.77. The van der Waals surface area contributed by atoms with Crippen LogP contribution in [0, 0.1) is 0 Å². The molecule has 16 heavy (non-hydrogen) atoms. The minimum absolute atomic E-state index is 0.427. The number of aromatic nitrogens is 3. The van der Waals surface area contributed by atoms with E-state index in [0.717, 1.165) is 5.69 Å². The molecule has 0 atom stereocenters. The minimum Gasteiger partial charge on any atom is -0.411 e. The second-order valence-corrected chi connectivity index (χ2v) is 3.14. The monoisotopic (exact) mass is 214 g/mol. The average molecular weight is 214 g/mol. The van der Waals surface area contributed by atoms with E-state index in [0.29, 0.717) is 17.8 Å². The van der Waals surface area contributed by atoms with Crippen molar-refractivity contribution in [2.75, 3.05) is 0 Å². The molecule has 5 heteroatoms. The first-order valence-electron chi connectivity index (χ1n) is 4.77. The smallest absolute Gasteiger partial charge is 0.115 e. The molecule has 5 nitrogen and oxygen atoms in total. The largest absolute Gasteiger partial charge is 0.411 e. The molecule has 0 bridgehead atoms. The van der Waals surface area contributed by atoms with Crippen LogP contribution in [0.4, 0.5) is 0 Å². The normalized spacial score (nSPS) is 11.4. The highest BCUT2D eigenvalue weighted by atomic mass is 16.4. The van der Waals surface area contributed by atoms with Crippen molar-refractivity contribution in [1.29, 1.82) is 0 Å². The van der Waals surface area contributed by atoms with Crippen LogP contribution >= 0.6 is 0 Å². The maximum atomic E-state index is 8.95. The lowest BCUT2D eigenvalue weighted by molar-refractivity contribution is 0.318. The molecule has 0 aliphatic rings. The van der Waals surface area contributed by atoms with Crippen molar-refractivity contribution < 1.29 is 5.21 Å². The van der Waals surface area contributed by atoms with Crippen molar-refractivity contribution in [1.82, 2.24) is 15.0 Å². The molecule has 0 aliphatic carbocycles. The molecule has 2 aromatic heterocycles. The van der Waals surface area contributed by atoms with Gasteiger partial charge in [-0.05, 0) is 18.2 Å². The number of hydrogen-bond donors (Lipinski definition) is 1. The van der Waals surface area contributed by atoms with Gasteiger partial charge in [0, 0.05) is 24.5 Å². The van der Waals surface area contributed by atoms with E-state index >= 15 is 0 Å². The Morgan fingerprint density at radius 2 is 2.12 bits per heavy atom. The summed E-state index contributed by atoms with van der Waals surface area (Å²) in [6.07, 6.45) is 5.19. The molecular formula is C11H10N4O. The summed E-state index contributed by atoms with van der Waals surface area (Å²) >= 11 is 0. The second-order valence-electron chi connectivity index (χ2n) is 3.14. The fourth-order valence-electron chi connectivity index (χ4n) is 1.30. The van der Waals surface area contributed by atoms with Crippen molar-refractivity contribution in [2.24, 2.45) is 5.16 Å². The lowest BCUT2D eigenvalue weighted by Crippen LogP contribution is -2.08. The third-order valence-electron chi connectivity index (χ3n) is 2.07. The Kier molecular flexibility index (Phi) is 3.18. The van der Waals surface area contributed by atoms with E-state index in [-0.39, 0.29) is 0 Å². The van der Waals surface area contributed by atoms with E-state index < -0.39 is 0 Å². The summed E-state index contributed by atoms with van der Waals surface area (Å²) in [7, 11) is 0. The van der Waals surface area contributed by atoms with Gasteiger partial charge in [0.15, 0.2) is 0 Å². The van der Waals surface area contributed by atoms with Gasteiger partial charge in [0.2, 0.25) is 0 Å². The third kappa shape index (κ3) is 2.38. The van der Waals surface area contributed by atoms with Crippen LogP contribution in [0.2, 0.25) is 0 Å². The van der Waals surface area contributed by atoms with E-state index in [2.05, 4.69) is 20.1 Å². The van der Waals surface area contributed by atoms with Gasteiger partial charge in [-0.3, -0.25) is 4.98 Å². The van der Waals surface area contributed by atoms with E-state index in [9.17, 15) is 0 Å². The van der Waals surface area contributed by atoms with Crippen LogP contribution in [0.25, 0.3) is 0 Å². The molecule has 0 saturated carbocycles. The molecule has 0 radical (unpaired) electrons. The SMILES string of the molecule is O/N=C(\Cc1ccncn1)c1ccccn1. The molecular weight excluding hydrogens is 204 g/mol. The summed E-state index contributed by atoms with van der Waals surface area (Å²) in [5, 5.41) is 12.2.